The highest BCUT2D eigenvalue weighted by atomic mass is 32.1. The highest BCUT2D eigenvalue weighted by Gasteiger charge is 2.29. The minimum absolute atomic E-state index is 0.0551. The predicted molar refractivity (Wildman–Crippen MR) is 103 cm³/mol. The molecule has 1 aliphatic heterocycles. The van der Waals surface area contributed by atoms with Crippen molar-refractivity contribution in [1.82, 2.24) is 20.9 Å². The van der Waals surface area contributed by atoms with E-state index in [2.05, 4.69) is 20.9 Å². The molecule has 1 aromatic heterocycles. The number of nitrogens with two attached hydrogens (primary N) is 1. The summed E-state index contributed by atoms with van der Waals surface area (Å²) in [7, 11) is 0. The molecule has 2 aliphatic rings. The first kappa shape index (κ1) is 19.1. The molecule has 26 heavy (non-hydrogen) atoms. The number of rotatable bonds is 7. The number of nitrogen functional groups attached to an aromatic ring is 1. The van der Waals surface area contributed by atoms with Crippen LogP contribution in [0.5, 0.6) is 0 Å². The third kappa shape index (κ3) is 5.41. The van der Waals surface area contributed by atoms with Gasteiger partial charge in [0, 0.05) is 11.1 Å². The van der Waals surface area contributed by atoms with Crippen LogP contribution >= 0.6 is 11.3 Å². The highest BCUT2D eigenvalue weighted by Crippen LogP contribution is 2.27. The summed E-state index contributed by atoms with van der Waals surface area (Å²) in [5.41, 5.74) is 5.63. The van der Waals surface area contributed by atoms with Crippen molar-refractivity contribution < 1.29 is 9.59 Å². The molecule has 144 valence electrons. The Morgan fingerprint density at radius 1 is 1.27 bits per heavy atom. The molecule has 2 amide bonds. The van der Waals surface area contributed by atoms with Gasteiger partial charge in [-0.05, 0) is 31.7 Å². The molecule has 3 rings (SSSR count). The third-order valence-corrected chi connectivity index (χ3v) is 6.14. The van der Waals surface area contributed by atoms with Gasteiger partial charge in [-0.1, -0.05) is 32.1 Å². The lowest BCUT2D eigenvalue weighted by atomic mass is 9.84. The van der Waals surface area contributed by atoms with Crippen LogP contribution in [0.2, 0.25) is 0 Å². The van der Waals surface area contributed by atoms with Crippen molar-refractivity contribution in [2.75, 3.05) is 12.3 Å². The Balaban J connectivity index is 1.58. The molecule has 1 saturated carbocycles. The van der Waals surface area contributed by atoms with Gasteiger partial charge in [0.1, 0.15) is 6.04 Å². The van der Waals surface area contributed by atoms with Crippen molar-refractivity contribution in [3.05, 3.63) is 11.1 Å². The van der Waals surface area contributed by atoms with E-state index >= 15 is 0 Å². The lowest BCUT2D eigenvalue weighted by molar-refractivity contribution is -0.130. The number of hydrogen-bond acceptors (Lipinski definition) is 6. The molecule has 0 spiro atoms. The van der Waals surface area contributed by atoms with Crippen LogP contribution in [0, 0.1) is 5.92 Å². The van der Waals surface area contributed by atoms with Gasteiger partial charge in [0.25, 0.3) is 0 Å². The molecule has 2 heterocycles. The number of nitrogens with one attached hydrogen (secondary N) is 3. The summed E-state index contributed by atoms with van der Waals surface area (Å²) in [5, 5.41) is 9.63. The Bertz CT molecular complexity index is 608. The topological polar surface area (TPSA) is 109 Å². The van der Waals surface area contributed by atoms with Crippen LogP contribution in [0.4, 0.5) is 5.13 Å². The van der Waals surface area contributed by atoms with E-state index in [9.17, 15) is 9.59 Å². The molecule has 1 saturated heterocycles. The Labute approximate surface area is 158 Å². The molecular formula is C18H29N5O2S. The summed E-state index contributed by atoms with van der Waals surface area (Å²) in [4.78, 5) is 30.2. The van der Waals surface area contributed by atoms with E-state index in [-0.39, 0.29) is 17.9 Å². The lowest BCUT2D eigenvalue weighted by Gasteiger charge is -2.27. The zero-order valence-corrected chi connectivity index (χ0v) is 15.9. The largest absolute Gasteiger partial charge is 0.375 e. The first-order valence-corrected chi connectivity index (χ1v) is 10.4. The smallest absolute Gasteiger partial charge is 0.242 e. The van der Waals surface area contributed by atoms with Gasteiger partial charge in [-0.25, -0.2) is 4.98 Å². The van der Waals surface area contributed by atoms with E-state index in [4.69, 9.17) is 5.73 Å². The Hall–Kier alpha value is -1.67. The van der Waals surface area contributed by atoms with Gasteiger partial charge in [0.15, 0.2) is 5.13 Å². The maximum atomic E-state index is 12.8. The van der Waals surface area contributed by atoms with Crippen LogP contribution in [0.15, 0.2) is 6.20 Å². The second kappa shape index (κ2) is 9.32. The van der Waals surface area contributed by atoms with Crippen molar-refractivity contribution in [2.24, 2.45) is 5.92 Å². The molecule has 1 aromatic rings. The molecule has 2 fully saturated rings. The Kier molecular flexibility index (Phi) is 6.85. The van der Waals surface area contributed by atoms with Gasteiger partial charge in [0.2, 0.25) is 11.8 Å². The number of nitrogens with zero attached hydrogens (tertiary/aromatic N) is 1. The second-order valence-corrected chi connectivity index (χ2v) is 8.48. The third-order valence-electron chi connectivity index (χ3n) is 5.31. The SMILES string of the molecule is Nc1ncc(CNC(=O)[C@@H](CC2CCCCC2)NC(=O)[C@@H]2CCCN2)s1. The molecular weight excluding hydrogens is 350 g/mol. The van der Waals surface area contributed by atoms with E-state index in [0.29, 0.717) is 17.6 Å². The molecule has 0 radical (unpaired) electrons. The predicted octanol–water partition coefficient (Wildman–Crippen LogP) is 1.55. The van der Waals surface area contributed by atoms with Gasteiger partial charge in [-0.3, -0.25) is 9.59 Å². The van der Waals surface area contributed by atoms with Crippen LogP contribution in [-0.2, 0) is 16.1 Å². The molecule has 1 aliphatic carbocycles. The maximum absolute atomic E-state index is 12.8. The number of amides is 2. The molecule has 8 heteroatoms. The van der Waals surface area contributed by atoms with Gasteiger partial charge in [-0.2, -0.15) is 0 Å². The molecule has 0 bridgehead atoms. The zero-order valence-electron chi connectivity index (χ0n) is 15.1. The molecule has 2 atom stereocenters. The van der Waals surface area contributed by atoms with E-state index < -0.39 is 6.04 Å². The first-order valence-electron chi connectivity index (χ1n) is 9.63. The van der Waals surface area contributed by atoms with Gasteiger partial charge >= 0.3 is 0 Å². The van der Waals surface area contributed by atoms with Gasteiger partial charge in [0.05, 0.1) is 12.6 Å². The standard InChI is InChI=1S/C18H29N5O2S/c19-18-22-11-13(26-18)10-21-16(24)15(9-12-5-2-1-3-6-12)23-17(25)14-7-4-8-20-14/h11-12,14-15,20H,1-10H2,(H2,19,22)(H,21,24)(H,23,25)/t14-,15+/m0/s1. The fourth-order valence-electron chi connectivity index (χ4n) is 3.87. The normalized spacial score (nSPS) is 22.1. The summed E-state index contributed by atoms with van der Waals surface area (Å²) < 4.78 is 0. The quantitative estimate of drug-likeness (QED) is 0.575. The number of hydrogen-bond donors (Lipinski definition) is 4. The fraction of sp³-hybridized carbons (Fsp3) is 0.722. The number of aromatic nitrogens is 1. The highest BCUT2D eigenvalue weighted by molar-refractivity contribution is 7.15. The summed E-state index contributed by atoms with van der Waals surface area (Å²) >= 11 is 1.37. The van der Waals surface area contributed by atoms with Crippen LogP contribution in [0.25, 0.3) is 0 Å². The molecule has 7 nitrogen and oxygen atoms in total. The van der Waals surface area contributed by atoms with Crippen LogP contribution in [-0.4, -0.2) is 35.4 Å². The van der Waals surface area contributed by atoms with E-state index in [1.54, 1.807) is 6.20 Å². The van der Waals surface area contributed by atoms with Crippen LogP contribution in [0.1, 0.15) is 56.2 Å². The summed E-state index contributed by atoms with van der Waals surface area (Å²) in [6.45, 7) is 1.26. The van der Waals surface area contributed by atoms with E-state index in [0.717, 1.165) is 43.5 Å². The first-order chi connectivity index (χ1) is 12.6. The Morgan fingerprint density at radius 2 is 2.08 bits per heavy atom. The number of anilines is 1. The van der Waals surface area contributed by atoms with Crippen molar-refractivity contribution in [3.8, 4) is 0 Å². The minimum Gasteiger partial charge on any atom is -0.375 e. The number of carbonyl (C=O) groups is 2. The molecule has 5 N–H and O–H groups in total. The molecule has 0 unspecified atom stereocenters. The molecule has 0 aromatic carbocycles. The van der Waals surface area contributed by atoms with Gasteiger partial charge in [-0.15, -0.1) is 11.3 Å². The minimum atomic E-state index is -0.474. The second-order valence-electron chi connectivity index (χ2n) is 7.33. The Morgan fingerprint density at radius 3 is 2.73 bits per heavy atom. The lowest BCUT2D eigenvalue weighted by Crippen LogP contribution is -2.52. The van der Waals surface area contributed by atoms with Crippen molar-refractivity contribution in [3.63, 3.8) is 0 Å². The van der Waals surface area contributed by atoms with E-state index in [1.165, 1.54) is 30.6 Å². The van der Waals surface area contributed by atoms with Crippen LogP contribution in [0.3, 0.4) is 0 Å². The van der Waals surface area contributed by atoms with Crippen molar-refractivity contribution in [1.29, 1.82) is 0 Å². The van der Waals surface area contributed by atoms with E-state index in [1.807, 2.05) is 0 Å². The van der Waals surface area contributed by atoms with Crippen molar-refractivity contribution >= 4 is 28.3 Å². The number of carbonyl (C=O) groups excluding carboxylic acids is 2. The monoisotopic (exact) mass is 379 g/mol. The fourth-order valence-corrected chi connectivity index (χ4v) is 4.49. The maximum Gasteiger partial charge on any atom is 0.242 e. The summed E-state index contributed by atoms with van der Waals surface area (Å²) in [6.07, 6.45) is 10.2. The average molecular weight is 380 g/mol. The van der Waals surface area contributed by atoms with Crippen LogP contribution < -0.4 is 21.7 Å². The van der Waals surface area contributed by atoms with Gasteiger partial charge < -0.3 is 21.7 Å². The average Bonchev–Trinajstić information content (AvgIpc) is 3.32. The summed E-state index contributed by atoms with van der Waals surface area (Å²) in [5.74, 6) is 0.338. The number of thiazole rings is 1. The summed E-state index contributed by atoms with van der Waals surface area (Å²) in [6, 6.07) is -0.642. The van der Waals surface area contributed by atoms with Crippen molar-refractivity contribution in [2.45, 2.75) is 70.0 Å². The zero-order chi connectivity index (χ0) is 18.4.